The number of hydrogen-bond acceptors (Lipinski definition) is 5. The largest absolute Gasteiger partial charge is 0.380 e. The van der Waals surface area contributed by atoms with Gasteiger partial charge in [-0.25, -0.2) is 4.98 Å². The standard InChI is InChI=1S/C16H19N3O2S/c1-11(18-15(20)16(21)6-2-3-7-16)14-19-13(10-22-14)12-4-8-17-9-5-12/h4-5,8-11,21H,2-3,6-7H2,1H3,(H,18,20). The van der Waals surface area contributed by atoms with E-state index in [0.29, 0.717) is 12.8 Å². The highest BCUT2D eigenvalue weighted by atomic mass is 32.1. The van der Waals surface area contributed by atoms with E-state index in [9.17, 15) is 9.90 Å². The van der Waals surface area contributed by atoms with Crippen LogP contribution in [0, 0.1) is 0 Å². The molecule has 2 aromatic heterocycles. The van der Waals surface area contributed by atoms with Gasteiger partial charge in [-0.2, -0.15) is 0 Å². The summed E-state index contributed by atoms with van der Waals surface area (Å²) >= 11 is 1.51. The van der Waals surface area contributed by atoms with Crippen LogP contribution in [0.2, 0.25) is 0 Å². The minimum atomic E-state index is -1.19. The molecule has 1 atom stereocenters. The molecule has 1 unspecified atom stereocenters. The van der Waals surface area contributed by atoms with Crippen LogP contribution >= 0.6 is 11.3 Å². The van der Waals surface area contributed by atoms with E-state index in [2.05, 4.69) is 15.3 Å². The van der Waals surface area contributed by atoms with Crippen molar-refractivity contribution in [2.45, 2.75) is 44.2 Å². The molecule has 2 heterocycles. The Balaban J connectivity index is 1.69. The van der Waals surface area contributed by atoms with E-state index in [-0.39, 0.29) is 11.9 Å². The summed E-state index contributed by atoms with van der Waals surface area (Å²) < 4.78 is 0. The second-order valence-electron chi connectivity index (χ2n) is 5.74. The highest BCUT2D eigenvalue weighted by Crippen LogP contribution is 2.31. The molecular formula is C16H19N3O2S. The van der Waals surface area contributed by atoms with E-state index in [1.807, 2.05) is 24.4 Å². The highest BCUT2D eigenvalue weighted by Gasteiger charge is 2.39. The number of aromatic nitrogens is 2. The molecule has 116 valence electrons. The van der Waals surface area contributed by atoms with Crippen LogP contribution in [0.4, 0.5) is 0 Å². The topological polar surface area (TPSA) is 75.1 Å². The monoisotopic (exact) mass is 317 g/mol. The van der Waals surface area contributed by atoms with Gasteiger partial charge in [0.2, 0.25) is 0 Å². The van der Waals surface area contributed by atoms with Crippen LogP contribution in [0.1, 0.15) is 43.7 Å². The number of pyridine rings is 1. The van der Waals surface area contributed by atoms with Crippen LogP contribution in [0.5, 0.6) is 0 Å². The third-order valence-corrected chi connectivity index (χ3v) is 5.10. The Hall–Kier alpha value is -1.79. The number of amides is 1. The van der Waals surface area contributed by atoms with E-state index in [1.54, 1.807) is 12.4 Å². The molecule has 3 rings (SSSR count). The van der Waals surface area contributed by atoms with Gasteiger partial charge in [-0.1, -0.05) is 0 Å². The van der Waals surface area contributed by atoms with Gasteiger partial charge in [-0.15, -0.1) is 11.3 Å². The average molecular weight is 317 g/mol. The van der Waals surface area contributed by atoms with Gasteiger partial charge in [-0.3, -0.25) is 9.78 Å². The number of rotatable bonds is 4. The van der Waals surface area contributed by atoms with Crippen LogP contribution in [0.25, 0.3) is 11.3 Å². The first-order valence-corrected chi connectivity index (χ1v) is 8.36. The molecule has 6 heteroatoms. The molecule has 22 heavy (non-hydrogen) atoms. The van der Waals surface area contributed by atoms with Gasteiger partial charge in [0.15, 0.2) is 0 Å². The highest BCUT2D eigenvalue weighted by molar-refractivity contribution is 7.10. The molecule has 2 aromatic rings. The zero-order chi connectivity index (χ0) is 15.6. The number of hydrogen-bond donors (Lipinski definition) is 2. The minimum absolute atomic E-state index is 0.210. The molecule has 0 aromatic carbocycles. The van der Waals surface area contributed by atoms with Crippen LogP contribution < -0.4 is 5.32 Å². The van der Waals surface area contributed by atoms with Gasteiger partial charge < -0.3 is 10.4 Å². The predicted octanol–water partition coefficient (Wildman–Crippen LogP) is 2.69. The Labute approximate surface area is 133 Å². The second-order valence-corrected chi connectivity index (χ2v) is 6.63. The Bertz CT molecular complexity index is 650. The van der Waals surface area contributed by atoms with Crippen LogP contribution in [0.3, 0.4) is 0 Å². The Morgan fingerprint density at radius 1 is 1.36 bits per heavy atom. The summed E-state index contributed by atoms with van der Waals surface area (Å²) in [5.74, 6) is -0.279. The second kappa shape index (κ2) is 6.14. The average Bonchev–Trinajstić information content (AvgIpc) is 3.18. The third-order valence-electron chi connectivity index (χ3n) is 4.07. The van der Waals surface area contributed by atoms with Crippen molar-refractivity contribution in [1.82, 2.24) is 15.3 Å². The van der Waals surface area contributed by atoms with Crippen molar-refractivity contribution in [2.24, 2.45) is 0 Å². The fourth-order valence-corrected chi connectivity index (χ4v) is 3.56. The first kappa shape index (κ1) is 15.1. The summed E-state index contributed by atoms with van der Waals surface area (Å²) in [6.07, 6.45) is 6.37. The van der Waals surface area contributed by atoms with E-state index >= 15 is 0 Å². The molecule has 1 aliphatic rings. The number of aliphatic hydroxyl groups is 1. The van der Waals surface area contributed by atoms with Crippen LogP contribution in [-0.2, 0) is 4.79 Å². The number of carbonyl (C=O) groups is 1. The SMILES string of the molecule is CC(NC(=O)C1(O)CCCC1)c1nc(-c2ccncc2)cs1. The lowest BCUT2D eigenvalue weighted by Crippen LogP contribution is -2.45. The molecule has 2 N–H and O–H groups in total. The lowest BCUT2D eigenvalue weighted by atomic mass is 10.0. The maximum Gasteiger partial charge on any atom is 0.252 e. The fourth-order valence-electron chi connectivity index (χ4n) is 2.72. The first-order chi connectivity index (χ1) is 10.6. The van der Waals surface area contributed by atoms with Crippen molar-refractivity contribution < 1.29 is 9.90 Å². The van der Waals surface area contributed by atoms with Crippen molar-refractivity contribution in [1.29, 1.82) is 0 Å². The quantitative estimate of drug-likeness (QED) is 0.909. The zero-order valence-corrected chi connectivity index (χ0v) is 13.3. The normalized spacial score (nSPS) is 18.1. The van der Waals surface area contributed by atoms with Crippen molar-refractivity contribution in [3.05, 3.63) is 34.9 Å². The predicted molar refractivity (Wildman–Crippen MR) is 85.3 cm³/mol. The Kier molecular flexibility index (Phi) is 4.22. The van der Waals surface area contributed by atoms with Gasteiger partial charge in [0.1, 0.15) is 10.6 Å². The number of nitrogens with one attached hydrogen (secondary N) is 1. The summed E-state index contributed by atoms with van der Waals surface area (Å²) in [6.45, 7) is 1.89. The number of nitrogens with zero attached hydrogens (tertiary/aromatic N) is 2. The summed E-state index contributed by atoms with van der Waals surface area (Å²) in [5.41, 5.74) is 0.688. The molecule has 1 amide bonds. The van der Waals surface area contributed by atoms with Gasteiger partial charge in [0.25, 0.3) is 5.91 Å². The maximum atomic E-state index is 12.2. The number of thiazole rings is 1. The minimum Gasteiger partial charge on any atom is -0.380 e. The van der Waals surface area contributed by atoms with E-state index in [1.165, 1.54) is 11.3 Å². The van der Waals surface area contributed by atoms with Crippen molar-refractivity contribution >= 4 is 17.2 Å². The van der Waals surface area contributed by atoms with Crippen molar-refractivity contribution in [3.8, 4) is 11.3 Å². The van der Waals surface area contributed by atoms with Gasteiger partial charge >= 0.3 is 0 Å². The summed E-state index contributed by atoms with van der Waals surface area (Å²) in [7, 11) is 0. The number of carbonyl (C=O) groups excluding carboxylic acids is 1. The van der Waals surface area contributed by atoms with Crippen molar-refractivity contribution in [3.63, 3.8) is 0 Å². The molecule has 0 saturated heterocycles. The van der Waals surface area contributed by atoms with Gasteiger partial charge in [-0.05, 0) is 44.7 Å². The van der Waals surface area contributed by atoms with E-state index in [0.717, 1.165) is 29.1 Å². The van der Waals surface area contributed by atoms with Crippen LogP contribution in [-0.4, -0.2) is 26.6 Å². The third kappa shape index (κ3) is 3.03. The lowest BCUT2D eigenvalue weighted by molar-refractivity contribution is -0.139. The summed E-state index contributed by atoms with van der Waals surface area (Å²) in [4.78, 5) is 20.8. The van der Waals surface area contributed by atoms with E-state index in [4.69, 9.17) is 0 Å². The zero-order valence-electron chi connectivity index (χ0n) is 12.5. The molecule has 5 nitrogen and oxygen atoms in total. The lowest BCUT2D eigenvalue weighted by Gasteiger charge is -2.23. The van der Waals surface area contributed by atoms with Crippen molar-refractivity contribution in [2.75, 3.05) is 0 Å². The molecule has 1 aliphatic carbocycles. The Morgan fingerprint density at radius 3 is 2.73 bits per heavy atom. The smallest absolute Gasteiger partial charge is 0.252 e. The molecule has 0 aliphatic heterocycles. The summed E-state index contributed by atoms with van der Waals surface area (Å²) in [5, 5.41) is 16.0. The van der Waals surface area contributed by atoms with Crippen LogP contribution in [0.15, 0.2) is 29.9 Å². The Morgan fingerprint density at radius 2 is 2.05 bits per heavy atom. The maximum absolute atomic E-state index is 12.2. The van der Waals surface area contributed by atoms with Gasteiger partial charge in [0, 0.05) is 23.3 Å². The molecule has 1 fully saturated rings. The summed E-state index contributed by atoms with van der Waals surface area (Å²) in [6, 6.07) is 3.60. The molecule has 1 saturated carbocycles. The fraction of sp³-hybridized carbons (Fsp3) is 0.438. The van der Waals surface area contributed by atoms with Gasteiger partial charge in [0.05, 0.1) is 11.7 Å². The molecule has 0 radical (unpaired) electrons. The molecule has 0 bridgehead atoms. The van der Waals surface area contributed by atoms with E-state index < -0.39 is 5.60 Å². The first-order valence-electron chi connectivity index (χ1n) is 7.48. The molecule has 0 spiro atoms. The molecular weight excluding hydrogens is 298 g/mol.